The van der Waals surface area contributed by atoms with Crippen LogP contribution < -0.4 is 15.0 Å². The van der Waals surface area contributed by atoms with Gasteiger partial charge in [0, 0.05) is 49.2 Å². The largest absolute Gasteiger partial charge is 0.493 e. The summed E-state index contributed by atoms with van der Waals surface area (Å²) in [6, 6.07) is 24.9. The summed E-state index contributed by atoms with van der Waals surface area (Å²) in [5.74, 6) is 1.09. The van der Waals surface area contributed by atoms with Gasteiger partial charge in [-0.25, -0.2) is 0 Å². The molecule has 186 valence electrons. The van der Waals surface area contributed by atoms with Gasteiger partial charge in [0.1, 0.15) is 5.75 Å². The number of nitrogens with zero attached hydrogens (tertiary/aromatic N) is 2. The fourth-order valence-electron chi connectivity index (χ4n) is 3.95. The van der Waals surface area contributed by atoms with Crippen molar-refractivity contribution in [2.24, 2.45) is 5.92 Å². The zero-order chi connectivity index (χ0) is 25.3. The maximum Gasteiger partial charge on any atom is 0.255 e. The summed E-state index contributed by atoms with van der Waals surface area (Å²) in [7, 11) is 0. The molecule has 0 aromatic heterocycles. The number of amides is 2. The maximum absolute atomic E-state index is 12.6. The van der Waals surface area contributed by atoms with Crippen LogP contribution in [0.3, 0.4) is 0 Å². The third kappa shape index (κ3) is 6.98. The standard InChI is InChI=1S/C30H33N3O3/c1-23(2)22-36-28-15-9-25(10-16-28)30(35)31-26-11-13-27(14-12-26)32-18-20-33(21-19-32)29(34)17-8-24-6-4-3-5-7-24/h3-17,23H,18-22H2,1-2H3,(H,31,35)/b17-8+. The van der Waals surface area contributed by atoms with Crippen LogP contribution in [0.2, 0.25) is 0 Å². The lowest BCUT2D eigenvalue weighted by Crippen LogP contribution is -2.48. The zero-order valence-corrected chi connectivity index (χ0v) is 20.9. The van der Waals surface area contributed by atoms with Crippen LogP contribution in [0.15, 0.2) is 84.9 Å². The number of anilines is 2. The van der Waals surface area contributed by atoms with Gasteiger partial charge in [0.15, 0.2) is 0 Å². The molecule has 0 saturated carbocycles. The molecular weight excluding hydrogens is 450 g/mol. The van der Waals surface area contributed by atoms with E-state index in [1.54, 1.807) is 18.2 Å². The summed E-state index contributed by atoms with van der Waals surface area (Å²) >= 11 is 0. The van der Waals surface area contributed by atoms with Crippen molar-refractivity contribution in [1.82, 2.24) is 4.90 Å². The molecule has 0 unspecified atom stereocenters. The van der Waals surface area contributed by atoms with Crippen molar-refractivity contribution in [3.05, 3.63) is 96.1 Å². The Kier molecular flexibility index (Phi) is 8.40. The summed E-state index contributed by atoms with van der Waals surface area (Å²) in [5, 5.41) is 2.95. The SMILES string of the molecule is CC(C)COc1ccc(C(=O)Nc2ccc(N3CCN(C(=O)/C=C/c4ccccc4)CC3)cc2)cc1. The van der Waals surface area contributed by atoms with Gasteiger partial charge < -0.3 is 19.9 Å². The number of carbonyl (C=O) groups is 2. The van der Waals surface area contributed by atoms with Crippen molar-refractivity contribution in [3.8, 4) is 5.75 Å². The molecule has 1 heterocycles. The molecule has 6 nitrogen and oxygen atoms in total. The van der Waals surface area contributed by atoms with Crippen LogP contribution in [0.4, 0.5) is 11.4 Å². The van der Waals surface area contributed by atoms with E-state index in [1.807, 2.05) is 77.7 Å². The van der Waals surface area contributed by atoms with Crippen LogP contribution in [-0.2, 0) is 4.79 Å². The number of hydrogen-bond acceptors (Lipinski definition) is 4. The van der Waals surface area contributed by atoms with E-state index in [-0.39, 0.29) is 11.8 Å². The van der Waals surface area contributed by atoms with E-state index in [1.165, 1.54) is 0 Å². The highest BCUT2D eigenvalue weighted by atomic mass is 16.5. The van der Waals surface area contributed by atoms with E-state index in [0.717, 1.165) is 35.8 Å². The van der Waals surface area contributed by atoms with E-state index in [0.29, 0.717) is 31.2 Å². The highest BCUT2D eigenvalue weighted by Gasteiger charge is 2.20. The summed E-state index contributed by atoms with van der Waals surface area (Å²) in [4.78, 5) is 29.3. The number of nitrogens with one attached hydrogen (secondary N) is 1. The highest BCUT2D eigenvalue weighted by molar-refractivity contribution is 6.04. The number of benzene rings is 3. The van der Waals surface area contributed by atoms with E-state index >= 15 is 0 Å². The van der Waals surface area contributed by atoms with Gasteiger partial charge in [0.25, 0.3) is 5.91 Å². The third-order valence-corrected chi connectivity index (χ3v) is 6.00. The Morgan fingerprint density at radius 3 is 2.19 bits per heavy atom. The molecular formula is C30H33N3O3. The van der Waals surface area contributed by atoms with E-state index in [2.05, 4.69) is 24.1 Å². The first-order chi connectivity index (χ1) is 17.5. The second kappa shape index (κ2) is 12.1. The Morgan fingerprint density at radius 2 is 1.56 bits per heavy atom. The highest BCUT2D eigenvalue weighted by Crippen LogP contribution is 2.21. The van der Waals surface area contributed by atoms with E-state index in [4.69, 9.17) is 4.74 Å². The molecule has 0 aliphatic carbocycles. The van der Waals surface area contributed by atoms with Crippen LogP contribution in [0, 0.1) is 5.92 Å². The van der Waals surface area contributed by atoms with Crippen molar-refractivity contribution in [2.45, 2.75) is 13.8 Å². The number of carbonyl (C=O) groups excluding carboxylic acids is 2. The number of ether oxygens (including phenoxy) is 1. The normalized spacial score (nSPS) is 13.8. The maximum atomic E-state index is 12.6. The predicted molar refractivity (Wildman–Crippen MR) is 145 cm³/mol. The molecule has 2 amide bonds. The van der Waals surface area contributed by atoms with Crippen molar-refractivity contribution in [3.63, 3.8) is 0 Å². The topological polar surface area (TPSA) is 61.9 Å². The summed E-state index contributed by atoms with van der Waals surface area (Å²) in [5.41, 5.74) is 3.41. The lowest BCUT2D eigenvalue weighted by atomic mass is 10.2. The molecule has 1 aliphatic heterocycles. The quantitative estimate of drug-likeness (QED) is 0.440. The number of rotatable bonds is 8. The Bertz CT molecular complexity index is 1160. The number of hydrogen-bond donors (Lipinski definition) is 1. The van der Waals surface area contributed by atoms with Gasteiger partial charge in [-0.2, -0.15) is 0 Å². The predicted octanol–water partition coefficient (Wildman–Crippen LogP) is 5.34. The molecule has 0 atom stereocenters. The third-order valence-electron chi connectivity index (χ3n) is 6.00. The van der Waals surface area contributed by atoms with Crippen LogP contribution in [0.5, 0.6) is 5.75 Å². The second-order valence-corrected chi connectivity index (χ2v) is 9.29. The van der Waals surface area contributed by atoms with Crippen LogP contribution >= 0.6 is 0 Å². The van der Waals surface area contributed by atoms with Crippen LogP contribution in [-0.4, -0.2) is 49.5 Å². The lowest BCUT2D eigenvalue weighted by Gasteiger charge is -2.35. The van der Waals surface area contributed by atoms with Gasteiger partial charge in [-0.05, 0) is 66.1 Å². The Hall–Kier alpha value is -4.06. The zero-order valence-electron chi connectivity index (χ0n) is 20.9. The van der Waals surface area contributed by atoms with Gasteiger partial charge in [-0.15, -0.1) is 0 Å². The van der Waals surface area contributed by atoms with E-state index in [9.17, 15) is 9.59 Å². The summed E-state index contributed by atoms with van der Waals surface area (Å²) in [6.07, 6.45) is 3.51. The van der Waals surface area contributed by atoms with Gasteiger partial charge in [-0.3, -0.25) is 9.59 Å². The molecule has 4 rings (SSSR count). The first-order valence-corrected chi connectivity index (χ1v) is 12.4. The van der Waals surface area contributed by atoms with Crippen molar-refractivity contribution >= 4 is 29.3 Å². The Balaban J connectivity index is 1.26. The van der Waals surface area contributed by atoms with Crippen LogP contribution in [0.1, 0.15) is 29.8 Å². The van der Waals surface area contributed by atoms with E-state index < -0.39 is 0 Å². The minimum atomic E-state index is -0.158. The molecule has 1 N–H and O–H groups in total. The Morgan fingerprint density at radius 1 is 0.889 bits per heavy atom. The molecule has 0 radical (unpaired) electrons. The lowest BCUT2D eigenvalue weighted by molar-refractivity contribution is -0.126. The molecule has 3 aromatic rings. The molecule has 3 aromatic carbocycles. The van der Waals surface area contributed by atoms with Crippen LogP contribution in [0.25, 0.3) is 6.08 Å². The monoisotopic (exact) mass is 483 g/mol. The molecule has 0 spiro atoms. The van der Waals surface area contributed by atoms with Crippen molar-refractivity contribution in [2.75, 3.05) is 43.0 Å². The fraction of sp³-hybridized carbons (Fsp3) is 0.267. The average molecular weight is 484 g/mol. The first-order valence-electron chi connectivity index (χ1n) is 12.4. The smallest absolute Gasteiger partial charge is 0.255 e. The van der Waals surface area contributed by atoms with Gasteiger partial charge in [0.2, 0.25) is 5.91 Å². The minimum Gasteiger partial charge on any atom is -0.493 e. The minimum absolute atomic E-state index is 0.0380. The number of piperazine rings is 1. The molecule has 36 heavy (non-hydrogen) atoms. The van der Waals surface area contributed by atoms with Crippen molar-refractivity contribution < 1.29 is 14.3 Å². The molecule has 6 heteroatoms. The van der Waals surface area contributed by atoms with Gasteiger partial charge in [-0.1, -0.05) is 44.2 Å². The molecule has 1 aliphatic rings. The molecule has 1 saturated heterocycles. The van der Waals surface area contributed by atoms with Crippen molar-refractivity contribution in [1.29, 1.82) is 0 Å². The molecule has 1 fully saturated rings. The first kappa shape index (κ1) is 25.0. The van der Waals surface area contributed by atoms with Gasteiger partial charge >= 0.3 is 0 Å². The van der Waals surface area contributed by atoms with Gasteiger partial charge in [0.05, 0.1) is 6.61 Å². The Labute approximate surface area is 213 Å². The summed E-state index contributed by atoms with van der Waals surface area (Å²) < 4.78 is 5.68. The molecule has 0 bridgehead atoms. The average Bonchev–Trinajstić information content (AvgIpc) is 2.92. The second-order valence-electron chi connectivity index (χ2n) is 9.29. The fourth-order valence-corrected chi connectivity index (χ4v) is 3.95. The summed E-state index contributed by atoms with van der Waals surface area (Å²) in [6.45, 7) is 7.72.